The van der Waals surface area contributed by atoms with E-state index in [9.17, 15) is 10.2 Å². The Morgan fingerprint density at radius 3 is 1.00 bits per heavy atom. The topological polar surface area (TPSA) is 46.1 Å². The Bertz CT molecular complexity index is 95.3. The van der Waals surface area contributed by atoms with Gasteiger partial charge in [0, 0.05) is 0 Å². The molecule has 0 aromatic carbocycles. The van der Waals surface area contributed by atoms with Crippen LogP contribution in [0.15, 0.2) is 0 Å². The molecular weight excluding hydrogens is 264 g/mol. The normalized spacial score (nSPS) is 9.47. The molecule has 0 saturated heterocycles. The summed E-state index contributed by atoms with van der Waals surface area (Å²) in [5.41, 5.74) is 0. The maximum atomic E-state index is 9.96. The van der Waals surface area contributed by atoms with E-state index in [0.29, 0.717) is 0 Å². The van der Waals surface area contributed by atoms with Crippen LogP contribution >= 0.6 is 0 Å². The Balaban J connectivity index is -0.000000256. The van der Waals surface area contributed by atoms with Gasteiger partial charge >= 0.3 is 37.7 Å². The van der Waals surface area contributed by atoms with Gasteiger partial charge in [0.2, 0.25) is 0 Å². The van der Waals surface area contributed by atoms with Crippen LogP contribution in [0, 0.1) is 0 Å². The van der Waals surface area contributed by atoms with Crippen molar-refractivity contribution in [1.29, 1.82) is 0 Å². The minimum absolute atomic E-state index is 0. The van der Waals surface area contributed by atoms with Crippen LogP contribution in [-0.2, 0) is 0 Å². The third-order valence-electron chi connectivity index (χ3n) is 3.00. The molecule has 0 radical (unpaired) electrons. The van der Waals surface area contributed by atoms with Gasteiger partial charge in [-0.1, -0.05) is 90.9 Å². The fourth-order valence-corrected chi connectivity index (χ4v) is 1.76. The summed E-state index contributed by atoms with van der Waals surface area (Å²) in [4.78, 5) is 0. The van der Waals surface area contributed by atoms with E-state index in [1.54, 1.807) is 0 Å². The van der Waals surface area contributed by atoms with Crippen molar-refractivity contribution in [3.8, 4) is 0 Å². The predicted molar refractivity (Wildman–Crippen MR) is 82.2 cm³/mol. The Labute approximate surface area is 151 Å². The monoisotopic (exact) mass is 298 g/mol. The zero-order chi connectivity index (χ0) is 13.9. The average Bonchev–Trinajstić information content (AvgIpc) is 2.39. The van der Waals surface area contributed by atoms with Crippen LogP contribution in [0.4, 0.5) is 0 Å². The standard InChI is InChI=1S/2C8H17O.Ca/c2*1-2-3-4-5-6-7-8-9;/h2*2-8H2,1H3;/q2*-1;+2. The minimum atomic E-state index is 0. The molecule has 0 heterocycles. The SMILES string of the molecule is CCCCCCCC[O-].CCCCCCCC[O-].[Ca+2]. The summed E-state index contributed by atoms with van der Waals surface area (Å²) in [6.45, 7) is 4.64. The molecule has 0 bridgehead atoms. The van der Waals surface area contributed by atoms with Crippen LogP contribution < -0.4 is 10.2 Å². The average molecular weight is 299 g/mol. The number of unbranched alkanes of at least 4 members (excludes halogenated alkanes) is 10. The molecule has 0 unspecified atom stereocenters. The predicted octanol–water partition coefficient (Wildman–Crippen LogP) is 3.03. The molecule has 0 aromatic rings. The largest absolute Gasteiger partial charge is 2.00 e. The third-order valence-corrected chi connectivity index (χ3v) is 3.00. The zero-order valence-electron chi connectivity index (χ0n) is 13.4. The van der Waals surface area contributed by atoms with Gasteiger partial charge in [-0.2, -0.15) is 0 Å². The van der Waals surface area contributed by atoms with E-state index in [1.807, 2.05) is 0 Å². The molecule has 0 rings (SSSR count). The molecule has 0 spiro atoms. The number of hydrogen-bond acceptors (Lipinski definition) is 2. The molecule has 0 aliphatic heterocycles. The van der Waals surface area contributed by atoms with Crippen LogP contribution in [0.2, 0.25) is 0 Å². The van der Waals surface area contributed by atoms with E-state index in [-0.39, 0.29) is 51.0 Å². The van der Waals surface area contributed by atoms with E-state index >= 15 is 0 Å². The summed E-state index contributed by atoms with van der Waals surface area (Å²) >= 11 is 0. The molecule has 2 nitrogen and oxygen atoms in total. The first kappa shape index (κ1) is 25.2. The van der Waals surface area contributed by atoms with Crippen molar-refractivity contribution in [2.75, 3.05) is 13.2 Å². The first-order valence-corrected chi connectivity index (χ1v) is 7.99. The maximum Gasteiger partial charge on any atom is 2.00 e. The summed E-state index contributed by atoms with van der Waals surface area (Å²) in [5, 5.41) is 19.9. The van der Waals surface area contributed by atoms with E-state index < -0.39 is 0 Å². The van der Waals surface area contributed by atoms with Crippen LogP contribution in [0.3, 0.4) is 0 Å². The van der Waals surface area contributed by atoms with Gasteiger partial charge in [-0.05, 0) is 0 Å². The van der Waals surface area contributed by atoms with Gasteiger partial charge in [0.1, 0.15) is 0 Å². The van der Waals surface area contributed by atoms with Gasteiger partial charge < -0.3 is 10.2 Å². The molecule has 0 fully saturated rings. The molecule has 0 aliphatic rings. The summed E-state index contributed by atoms with van der Waals surface area (Å²) in [7, 11) is 0. The Morgan fingerprint density at radius 1 is 0.474 bits per heavy atom. The Kier molecular flexibility index (Phi) is 36.4. The van der Waals surface area contributed by atoms with Gasteiger partial charge in [-0.15, -0.1) is 13.2 Å². The van der Waals surface area contributed by atoms with E-state index in [1.165, 1.54) is 51.4 Å². The van der Waals surface area contributed by atoms with Gasteiger partial charge in [-0.3, -0.25) is 0 Å². The van der Waals surface area contributed by atoms with Crippen LogP contribution in [0.5, 0.6) is 0 Å². The summed E-state index contributed by atoms with van der Waals surface area (Å²) < 4.78 is 0. The fraction of sp³-hybridized carbons (Fsp3) is 1.00. The quantitative estimate of drug-likeness (QED) is 0.411. The smallest absolute Gasteiger partial charge is 0.854 e. The van der Waals surface area contributed by atoms with Gasteiger partial charge in [0.05, 0.1) is 0 Å². The molecule has 0 saturated carbocycles. The fourth-order valence-electron chi connectivity index (χ4n) is 1.76. The van der Waals surface area contributed by atoms with E-state index in [4.69, 9.17) is 0 Å². The van der Waals surface area contributed by atoms with Crippen molar-refractivity contribution in [2.24, 2.45) is 0 Å². The first-order valence-electron chi connectivity index (χ1n) is 7.99. The molecule has 0 N–H and O–H groups in total. The van der Waals surface area contributed by atoms with Gasteiger partial charge in [-0.25, -0.2) is 0 Å². The zero-order valence-corrected chi connectivity index (χ0v) is 15.6. The van der Waals surface area contributed by atoms with Crippen molar-refractivity contribution in [3.05, 3.63) is 0 Å². The van der Waals surface area contributed by atoms with Crippen molar-refractivity contribution in [2.45, 2.75) is 90.9 Å². The molecule has 3 heteroatoms. The van der Waals surface area contributed by atoms with Crippen LogP contribution in [-0.4, -0.2) is 51.0 Å². The summed E-state index contributed by atoms with van der Waals surface area (Å²) in [6.07, 6.45) is 14.4. The number of hydrogen-bond donors (Lipinski definition) is 0. The number of rotatable bonds is 12. The van der Waals surface area contributed by atoms with Crippen molar-refractivity contribution in [3.63, 3.8) is 0 Å². The van der Waals surface area contributed by atoms with Gasteiger partial charge in [0.15, 0.2) is 0 Å². The van der Waals surface area contributed by atoms with Crippen LogP contribution in [0.1, 0.15) is 90.9 Å². The maximum absolute atomic E-state index is 9.96. The van der Waals surface area contributed by atoms with Gasteiger partial charge in [0.25, 0.3) is 0 Å². The molecule has 112 valence electrons. The molecule has 0 amide bonds. The molecule has 0 aromatic heterocycles. The minimum Gasteiger partial charge on any atom is -0.854 e. The van der Waals surface area contributed by atoms with Crippen molar-refractivity contribution < 1.29 is 10.2 Å². The summed E-state index contributed by atoms with van der Waals surface area (Å²) in [5.74, 6) is 0. The Hall–Kier alpha value is 1.18. The van der Waals surface area contributed by atoms with Crippen molar-refractivity contribution in [1.82, 2.24) is 0 Å². The third kappa shape index (κ3) is 32.6. The van der Waals surface area contributed by atoms with E-state index in [2.05, 4.69) is 13.8 Å². The van der Waals surface area contributed by atoms with Crippen molar-refractivity contribution >= 4 is 37.7 Å². The first-order chi connectivity index (χ1) is 8.83. The van der Waals surface area contributed by atoms with E-state index in [0.717, 1.165) is 25.7 Å². The summed E-state index contributed by atoms with van der Waals surface area (Å²) in [6, 6.07) is 0. The second-order valence-electron chi connectivity index (χ2n) is 4.94. The molecule has 0 atom stereocenters. The molecular formula is C16H34CaO2. The van der Waals surface area contributed by atoms with Crippen LogP contribution in [0.25, 0.3) is 0 Å². The second kappa shape index (κ2) is 27.5. The molecule has 19 heavy (non-hydrogen) atoms. The second-order valence-corrected chi connectivity index (χ2v) is 4.94. The Morgan fingerprint density at radius 2 is 0.737 bits per heavy atom. The molecule has 0 aliphatic carbocycles.